The third-order valence-electron chi connectivity index (χ3n) is 2.59. The summed E-state index contributed by atoms with van der Waals surface area (Å²) in [6.07, 6.45) is 3.32. The number of aromatic amines is 1. The number of amides is 1. The fraction of sp³-hybridized carbons (Fsp3) is 0.231. The predicted octanol–water partition coefficient (Wildman–Crippen LogP) is 1.80. The molecule has 1 amide bonds. The van der Waals surface area contributed by atoms with Crippen LogP contribution in [0, 0.1) is 5.82 Å². The second-order valence-electron chi connectivity index (χ2n) is 4.04. The highest BCUT2D eigenvalue weighted by Gasteiger charge is 2.11. The summed E-state index contributed by atoms with van der Waals surface area (Å²) in [5.41, 5.74) is 0.860. The highest BCUT2D eigenvalue weighted by Crippen LogP contribution is 2.15. The van der Waals surface area contributed by atoms with Gasteiger partial charge >= 0.3 is 0 Å². The van der Waals surface area contributed by atoms with E-state index >= 15 is 0 Å². The van der Waals surface area contributed by atoms with Crippen molar-refractivity contribution < 1.29 is 13.9 Å². The Labute approximate surface area is 109 Å². The van der Waals surface area contributed by atoms with Crippen LogP contribution in [0.15, 0.2) is 36.7 Å². The lowest BCUT2D eigenvalue weighted by Gasteiger charge is -2.12. The Bertz CT molecular complexity index is 543. The first-order chi connectivity index (χ1) is 9.16. The maximum absolute atomic E-state index is 13.3. The molecule has 0 aliphatic rings. The first-order valence-corrected chi connectivity index (χ1v) is 5.82. The number of para-hydroxylation sites is 1. The molecule has 6 heteroatoms. The van der Waals surface area contributed by atoms with Gasteiger partial charge in [0, 0.05) is 11.8 Å². The van der Waals surface area contributed by atoms with Crippen LogP contribution in [0.25, 0.3) is 0 Å². The average molecular weight is 263 g/mol. The van der Waals surface area contributed by atoms with E-state index in [-0.39, 0.29) is 24.3 Å². The second kappa shape index (κ2) is 5.99. The third kappa shape index (κ3) is 3.54. The molecule has 1 unspecified atom stereocenters. The van der Waals surface area contributed by atoms with Crippen LogP contribution in [0.3, 0.4) is 0 Å². The maximum atomic E-state index is 13.3. The topological polar surface area (TPSA) is 67.0 Å². The number of benzene rings is 1. The van der Waals surface area contributed by atoms with E-state index in [2.05, 4.69) is 15.5 Å². The molecule has 0 aliphatic heterocycles. The summed E-state index contributed by atoms with van der Waals surface area (Å²) in [5, 5.41) is 9.19. The summed E-state index contributed by atoms with van der Waals surface area (Å²) < 4.78 is 18.4. The highest BCUT2D eigenvalue weighted by molar-refractivity contribution is 5.77. The Kier molecular flexibility index (Phi) is 4.12. The Hall–Kier alpha value is -2.37. The quantitative estimate of drug-likeness (QED) is 0.864. The summed E-state index contributed by atoms with van der Waals surface area (Å²) >= 11 is 0. The molecule has 0 saturated carbocycles. The number of carbonyl (C=O) groups excluding carboxylic acids is 1. The fourth-order valence-electron chi connectivity index (χ4n) is 1.57. The minimum Gasteiger partial charge on any atom is -0.481 e. The van der Waals surface area contributed by atoms with Crippen LogP contribution in [0.1, 0.15) is 18.5 Å². The van der Waals surface area contributed by atoms with Crippen molar-refractivity contribution in [3.8, 4) is 5.75 Å². The minimum absolute atomic E-state index is 0.0635. The SMILES string of the molecule is CC(NC(=O)COc1ccccc1F)c1cn[nH]c1. The molecule has 0 fully saturated rings. The van der Waals surface area contributed by atoms with Gasteiger partial charge in [0.1, 0.15) is 0 Å². The molecule has 1 heterocycles. The van der Waals surface area contributed by atoms with E-state index in [4.69, 9.17) is 4.74 Å². The molecule has 2 N–H and O–H groups in total. The largest absolute Gasteiger partial charge is 0.481 e. The lowest BCUT2D eigenvalue weighted by atomic mass is 10.2. The Morgan fingerprint density at radius 1 is 1.53 bits per heavy atom. The number of halogens is 1. The van der Waals surface area contributed by atoms with E-state index in [1.54, 1.807) is 24.5 Å². The number of rotatable bonds is 5. The lowest BCUT2D eigenvalue weighted by molar-refractivity contribution is -0.123. The number of hydrogen-bond donors (Lipinski definition) is 2. The molecule has 5 nitrogen and oxygen atoms in total. The number of nitrogens with one attached hydrogen (secondary N) is 2. The van der Waals surface area contributed by atoms with Gasteiger partial charge in [0.05, 0.1) is 12.2 Å². The van der Waals surface area contributed by atoms with Gasteiger partial charge < -0.3 is 10.1 Å². The van der Waals surface area contributed by atoms with E-state index in [0.29, 0.717) is 0 Å². The van der Waals surface area contributed by atoms with Crippen molar-refractivity contribution in [2.45, 2.75) is 13.0 Å². The van der Waals surface area contributed by atoms with Crippen molar-refractivity contribution in [1.29, 1.82) is 0 Å². The molecule has 0 spiro atoms. The highest BCUT2D eigenvalue weighted by atomic mass is 19.1. The molecule has 0 saturated heterocycles. The number of hydrogen-bond acceptors (Lipinski definition) is 3. The number of ether oxygens (including phenoxy) is 1. The van der Waals surface area contributed by atoms with Crippen molar-refractivity contribution >= 4 is 5.91 Å². The first kappa shape index (κ1) is 13.1. The van der Waals surface area contributed by atoms with Gasteiger partial charge in [-0.15, -0.1) is 0 Å². The monoisotopic (exact) mass is 263 g/mol. The Morgan fingerprint density at radius 2 is 2.32 bits per heavy atom. The van der Waals surface area contributed by atoms with Crippen molar-refractivity contribution in [2.75, 3.05) is 6.61 Å². The van der Waals surface area contributed by atoms with Crippen LogP contribution in [0.2, 0.25) is 0 Å². The third-order valence-corrected chi connectivity index (χ3v) is 2.59. The van der Waals surface area contributed by atoms with Gasteiger partial charge in [0.25, 0.3) is 5.91 Å². The van der Waals surface area contributed by atoms with Crippen LogP contribution >= 0.6 is 0 Å². The molecule has 0 radical (unpaired) electrons. The molecule has 1 atom stereocenters. The van der Waals surface area contributed by atoms with Crippen LogP contribution in [0.4, 0.5) is 4.39 Å². The summed E-state index contributed by atoms with van der Waals surface area (Å²) in [4.78, 5) is 11.6. The van der Waals surface area contributed by atoms with E-state index in [9.17, 15) is 9.18 Å². The van der Waals surface area contributed by atoms with Gasteiger partial charge in [0.2, 0.25) is 0 Å². The number of carbonyl (C=O) groups is 1. The van der Waals surface area contributed by atoms with Crippen LogP contribution in [0.5, 0.6) is 5.75 Å². The molecule has 0 bridgehead atoms. The molecule has 2 rings (SSSR count). The molecular weight excluding hydrogens is 249 g/mol. The van der Waals surface area contributed by atoms with Gasteiger partial charge in [-0.2, -0.15) is 5.10 Å². The maximum Gasteiger partial charge on any atom is 0.258 e. The van der Waals surface area contributed by atoms with Crippen LogP contribution in [-0.4, -0.2) is 22.7 Å². The average Bonchev–Trinajstić information content (AvgIpc) is 2.91. The van der Waals surface area contributed by atoms with Crippen LogP contribution < -0.4 is 10.1 Å². The zero-order chi connectivity index (χ0) is 13.7. The van der Waals surface area contributed by atoms with E-state index < -0.39 is 5.82 Å². The van der Waals surface area contributed by atoms with E-state index in [1.165, 1.54) is 12.1 Å². The summed E-state index contributed by atoms with van der Waals surface area (Å²) in [6, 6.07) is 5.77. The lowest BCUT2D eigenvalue weighted by Crippen LogP contribution is -2.31. The van der Waals surface area contributed by atoms with E-state index in [1.807, 2.05) is 6.92 Å². The Morgan fingerprint density at radius 3 is 3.00 bits per heavy atom. The number of nitrogens with zero attached hydrogens (tertiary/aromatic N) is 1. The van der Waals surface area contributed by atoms with Gasteiger partial charge in [-0.05, 0) is 19.1 Å². The van der Waals surface area contributed by atoms with Crippen molar-refractivity contribution in [1.82, 2.24) is 15.5 Å². The molecule has 100 valence electrons. The van der Waals surface area contributed by atoms with E-state index in [0.717, 1.165) is 5.56 Å². The second-order valence-corrected chi connectivity index (χ2v) is 4.04. The van der Waals surface area contributed by atoms with Gasteiger partial charge in [0.15, 0.2) is 18.2 Å². The van der Waals surface area contributed by atoms with Gasteiger partial charge in [-0.3, -0.25) is 9.89 Å². The van der Waals surface area contributed by atoms with Crippen molar-refractivity contribution in [2.24, 2.45) is 0 Å². The molecule has 2 aromatic rings. The zero-order valence-electron chi connectivity index (χ0n) is 10.4. The standard InChI is InChI=1S/C13H14FN3O2/c1-9(10-6-15-16-7-10)17-13(18)8-19-12-5-3-2-4-11(12)14/h2-7,9H,8H2,1H3,(H,15,16)(H,17,18). The van der Waals surface area contributed by atoms with Gasteiger partial charge in [-0.1, -0.05) is 12.1 Å². The molecular formula is C13H14FN3O2. The van der Waals surface area contributed by atoms with Crippen molar-refractivity contribution in [3.05, 3.63) is 48.0 Å². The van der Waals surface area contributed by atoms with Crippen molar-refractivity contribution in [3.63, 3.8) is 0 Å². The zero-order valence-corrected chi connectivity index (χ0v) is 10.4. The van der Waals surface area contributed by atoms with Crippen LogP contribution in [-0.2, 0) is 4.79 Å². The normalized spacial score (nSPS) is 11.9. The minimum atomic E-state index is -0.488. The fourth-order valence-corrected chi connectivity index (χ4v) is 1.57. The summed E-state index contributed by atoms with van der Waals surface area (Å²) in [5.74, 6) is -0.747. The Balaban J connectivity index is 1.84. The first-order valence-electron chi connectivity index (χ1n) is 5.82. The smallest absolute Gasteiger partial charge is 0.258 e. The molecule has 0 aliphatic carbocycles. The van der Waals surface area contributed by atoms with Gasteiger partial charge in [-0.25, -0.2) is 4.39 Å². The predicted molar refractivity (Wildman–Crippen MR) is 67.0 cm³/mol. The summed E-state index contributed by atoms with van der Waals surface area (Å²) in [6.45, 7) is 1.59. The number of aromatic nitrogens is 2. The molecule has 1 aromatic carbocycles. The number of H-pyrrole nitrogens is 1. The molecule has 1 aromatic heterocycles. The molecule has 19 heavy (non-hydrogen) atoms. The summed E-state index contributed by atoms with van der Waals surface area (Å²) in [7, 11) is 0.